The molecule has 2 fully saturated rings. The molecule has 4 N–H and O–H groups in total. The van der Waals surface area contributed by atoms with Gasteiger partial charge in [0, 0.05) is 55.9 Å². The van der Waals surface area contributed by atoms with Crippen molar-refractivity contribution >= 4 is 41.4 Å². The molecule has 2 heterocycles. The zero-order chi connectivity index (χ0) is 25.8. The molecule has 0 aromatic rings. The van der Waals surface area contributed by atoms with Gasteiger partial charge in [-0.1, -0.05) is 6.42 Å². The minimum atomic E-state index is -0.0519. The summed E-state index contributed by atoms with van der Waals surface area (Å²) in [6.07, 6.45) is 7.56. The van der Waals surface area contributed by atoms with E-state index in [0.29, 0.717) is 70.8 Å². The van der Waals surface area contributed by atoms with Gasteiger partial charge in [0.1, 0.15) is 0 Å². The Morgan fingerprint density at radius 3 is 2.14 bits per heavy atom. The van der Waals surface area contributed by atoms with Crippen molar-refractivity contribution in [2.75, 3.05) is 70.5 Å². The molecule has 4 amide bonds. The van der Waals surface area contributed by atoms with Crippen molar-refractivity contribution in [1.29, 1.82) is 0 Å². The summed E-state index contributed by atoms with van der Waals surface area (Å²) >= 11 is 3.58. The van der Waals surface area contributed by atoms with Crippen molar-refractivity contribution < 1.29 is 28.6 Å². The summed E-state index contributed by atoms with van der Waals surface area (Å²) in [6, 6.07) is 0.445. The second-order valence-corrected chi connectivity index (χ2v) is 11.1. The zero-order valence-corrected chi connectivity index (χ0v) is 23.2. The van der Waals surface area contributed by atoms with E-state index in [9.17, 15) is 14.4 Å². The Morgan fingerprint density at radius 2 is 1.50 bits per heavy atom. The van der Waals surface area contributed by atoms with Gasteiger partial charge in [0.25, 0.3) is 0 Å². The molecule has 0 aliphatic carbocycles. The number of ether oxygens (including phenoxy) is 3. The Balaban J connectivity index is 1.26. The van der Waals surface area contributed by atoms with Crippen molar-refractivity contribution in [3.63, 3.8) is 0 Å². The lowest BCUT2D eigenvalue weighted by Crippen LogP contribution is -2.36. The molecular formula is C24H44N4O6S2. The molecule has 3 atom stereocenters. The molecule has 0 radical (unpaired) electrons. The first-order valence-electron chi connectivity index (χ1n) is 13.0. The lowest BCUT2D eigenvalue weighted by Gasteiger charge is -2.16. The quantitative estimate of drug-likeness (QED) is 0.119. The van der Waals surface area contributed by atoms with E-state index in [-0.39, 0.29) is 29.9 Å². The normalized spacial score (nSPS) is 20.6. The highest BCUT2D eigenvalue weighted by Crippen LogP contribution is 2.33. The number of hydrogen-bond donors (Lipinski definition) is 4. The molecule has 0 unspecified atom stereocenters. The molecule has 0 saturated carbocycles. The maximum atomic E-state index is 12.0. The van der Waals surface area contributed by atoms with E-state index in [1.165, 1.54) is 0 Å². The van der Waals surface area contributed by atoms with Crippen molar-refractivity contribution in [2.24, 2.45) is 0 Å². The van der Waals surface area contributed by atoms with Crippen molar-refractivity contribution in [2.45, 2.75) is 62.3 Å². The number of carbonyl (C=O) groups is 3. The fourth-order valence-corrected chi connectivity index (χ4v) is 5.92. The van der Waals surface area contributed by atoms with E-state index in [4.69, 9.17) is 14.2 Å². The molecule has 36 heavy (non-hydrogen) atoms. The number of carbonyl (C=O) groups excluding carboxylic acids is 3. The summed E-state index contributed by atoms with van der Waals surface area (Å²) < 4.78 is 16.5. The van der Waals surface area contributed by atoms with Crippen molar-refractivity contribution in [1.82, 2.24) is 21.3 Å². The summed E-state index contributed by atoms with van der Waals surface area (Å²) in [6.45, 7) is 4.53. The fourth-order valence-electron chi connectivity index (χ4n) is 3.99. The predicted octanol–water partition coefficient (Wildman–Crippen LogP) is 1.53. The molecule has 0 spiro atoms. The minimum absolute atomic E-state index is 0.0519. The van der Waals surface area contributed by atoms with Gasteiger partial charge in [-0.2, -0.15) is 23.5 Å². The second-order valence-electron chi connectivity index (χ2n) is 8.85. The summed E-state index contributed by atoms with van der Waals surface area (Å²) in [5.74, 6) is 2.01. The average Bonchev–Trinajstić information content (AvgIpc) is 3.42. The molecule has 0 aromatic heterocycles. The topological polar surface area (TPSA) is 127 Å². The van der Waals surface area contributed by atoms with Crippen LogP contribution in [0.5, 0.6) is 0 Å². The Bertz CT molecular complexity index is 646. The Hall–Kier alpha value is -1.21. The van der Waals surface area contributed by atoms with Crippen LogP contribution in [-0.2, 0) is 23.8 Å². The summed E-state index contributed by atoms with van der Waals surface area (Å²) in [4.78, 5) is 34.8. The molecule has 2 saturated heterocycles. The molecule has 0 aromatic carbocycles. The number of hydrogen-bond acceptors (Lipinski definition) is 8. The first-order chi connectivity index (χ1) is 17.6. The third-order valence-corrected chi connectivity index (χ3v) is 8.05. The van der Waals surface area contributed by atoms with Crippen LogP contribution < -0.4 is 21.3 Å². The lowest BCUT2D eigenvalue weighted by molar-refractivity contribution is -0.121. The van der Waals surface area contributed by atoms with Crippen LogP contribution in [0.25, 0.3) is 0 Å². The van der Waals surface area contributed by atoms with E-state index in [2.05, 4.69) is 21.3 Å². The zero-order valence-electron chi connectivity index (χ0n) is 21.5. The average molecular weight is 549 g/mol. The van der Waals surface area contributed by atoms with Gasteiger partial charge in [0.05, 0.1) is 38.5 Å². The van der Waals surface area contributed by atoms with E-state index in [1.807, 2.05) is 18.0 Å². The SMILES string of the molecule is CSCCC(=O)NCCCOCCOCCOCCCNC(=O)CCCC[C@@H]1SC[C@@H]2NC(=O)N[C@@H]21. The highest BCUT2D eigenvalue weighted by atomic mass is 32.2. The van der Waals surface area contributed by atoms with Crippen molar-refractivity contribution in [3.05, 3.63) is 0 Å². The number of unbranched alkanes of at least 4 members (excludes halogenated alkanes) is 1. The van der Waals surface area contributed by atoms with Crippen LogP contribution in [0.3, 0.4) is 0 Å². The molecule has 2 aliphatic heterocycles. The van der Waals surface area contributed by atoms with Crippen LogP contribution in [0.15, 0.2) is 0 Å². The van der Waals surface area contributed by atoms with Crippen LogP contribution in [-0.4, -0.2) is 106 Å². The molecule has 2 rings (SSSR count). The number of thioether (sulfide) groups is 2. The van der Waals surface area contributed by atoms with Gasteiger partial charge >= 0.3 is 6.03 Å². The van der Waals surface area contributed by atoms with E-state index >= 15 is 0 Å². The number of amides is 4. The van der Waals surface area contributed by atoms with Gasteiger partial charge in [-0.15, -0.1) is 0 Å². The van der Waals surface area contributed by atoms with Gasteiger partial charge in [-0.3, -0.25) is 9.59 Å². The number of nitrogens with one attached hydrogen (secondary N) is 4. The van der Waals surface area contributed by atoms with Crippen LogP contribution in [0.1, 0.15) is 44.9 Å². The number of rotatable bonds is 22. The van der Waals surface area contributed by atoms with Crippen LogP contribution >= 0.6 is 23.5 Å². The fraction of sp³-hybridized carbons (Fsp3) is 0.875. The van der Waals surface area contributed by atoms with Crippen LogP contribution in [0.4, 0.5) is 4.79 Å². The monoisotopic (exact) mass is 548 g/mol. The van der Waals surface area contributed by atoms with E-state index < -0.39 is 0 Å². The standard InChI is InChI=1S/C24H44N4O6S2/c1-35-17-8-22(30)26-10-5-12-33-14-16-34-15-13-32-11-4-9-25-21(29)7-3-2-6-20-23-19(18-36-20)27-24(31)28-23/h19-20,23H,2-18H2,1H3,(H,25,29)(H,26,30)(H2,27,28,31)/t19-,20-,23-/m0/s1. The van der Waals surface area contributed by atoms with Crippen LogP contribution in [0.2, 0.25) is 0 Å². The number of urea groups is 1. The maximum Gasteiger partial charge on any atom is 0.315 e. The first-order valence-corrected chi connectivity index (χ1v) is 15.5. The minimum Gasteiger partial charge on any atom is -0.379 e. The van der Waals surface area contributed by atoms with E-state index in [0.717, 1.165) is 43.6 Å². The highest BCUT2D eigenvalue weighted by molar-refractivity contribution is 8.00. The Labute approximate surface area is 223 Å². The van der Waals surface area contributed by atoms with Gasteiger partial charge in [0.15, 0.2) is 0 Å². The van der Waals surface area contributed by atoms with Crippen LogP contribution in [0, 0.1) is 0 Å². The second kappa shape index (κ2) is 19.8. The summed E-state index contributed by atoms with van der Waals surface area (Å²) in [5, 5.41) is 12.2. The third kappa shape index (κ3) is 13.9. The molecule has 10 nitrogen and oxygen atoms in total. The smallest absolute Gasteiger partial charge is 0.315 e. The molecule has 2 aliphatic rings. The maximum absolute atomic E-state index is 12.0. The van der Waals surface area contributed by atoms with Gasteiger partial charge in [-0.05, 0) is 31.9 Å². The number of fused-ring (bicyclic) bond motifs is 1. The first kappa shape index (κ1) is 31.0. The molecule has 12 heteroatoms. The molecule has 0 bridgehead atoms. The highest BCUT2D eigenvalue weighted by Gasteiger charge is 2.42. The predicted molar refractivity (Wildman–Crippen MR) is 145 cm³/mol. The Morgan fingerprint density at radius 1 is 0.889 bits per heavy atom. The van der Waals surface area contributed by atoms with Gasteiger partial charge in [-0.25, -0.2) is 4.79 Å². The van der Waals surface area contributed by atoms with E-state index in [1.54, 1.807) is 11.8 Å². The molecular weight excluding hydrogens is 504 g/mol. The molecule has 208 valence electrons. The summed E-state index contributed by atoms with van der Waals surface area (Å²) in [7, 11) is 0. The van der Waals surface area contributed by atoms with Gasteiger partial charge < -0.3 is 35.5 Å². The Kier molecular flexibility index (Phi) is 17.1. The summed E-state index contributed by atoms with van der Waals surface area (Å²) in [5.41, 5.74) is 0. The van der Waals surface area contributed by atoms with Crippen molar-refractivity contribution in [3.8, 4) is 0 Å². The third-order valence-electron chi connectivity index (χ3n) is 5.93. The largest absolute Gasteiger partial charge is 0.379 e. The van der Waals surface area contributed by atoms with Gasteiger partial charge in [0.2, 0.25) is 11.8 Å². The lowest BCUT2D eigenvalue weighted by atomic mass is 10.0.